The zero-order valence-electron chi connectivity index (χ0n) is 17.4. The highest BCUT2D eigenvalue weighted by atomic mass is 16.6. The number of amides is 1. The van der Waals surface area contributed by atoms with Gasteiger partial charge in [-0.05, 0) is 39.2 Å². The zero-order chi connectivity index (χ0) is 20.6. The van der Waals surface area contributed by atoms with Crippen molar-refractivity contribution in [3.63, 3.8) is 0 Å². The number of esters is 1. The van der Waals surface area contributed by atoms with Crippen LogP contribution in [0.4, 0.5) is 4.79 Å². The predicted octanol–water partition coefficient (Wildman–Crippen LogP) is 2.31. The molecule has 28 heavy (non-hydrogen) atoms. The number of nitrogens with one attached hydrogen (secondary N) is 2. The van der Waals surface area contributed by atoms with Crippen molar-refractivity contribution >= 4 is 12.1 Å². The molecule has 0 unspecified atom stereocenters. The average Bonchev–Trinajstić information content (AvgIpc) is 2.65. The zero-order valence-corrected chi connectivity index (χ0v) is 17.4. The van der Waals surface area contributed by atoms with E-state index < -0.39 is 17.2 Å². The van der Waals surface area contributed by atoms with Crippen molar-refractivity contribution in [2.24, 2.45) is 0 Å². The van der Waals surface area contributed by atoms with Crippen molar-refractivity contribution in [1.82, 2.24) is 15.5 Å². The molecule has 7 heteroatoms. The van der Waals surface area contributed by atoms with Crippen molar-refractivity contribution in [3.8, 4) is 0 Å². The normalized spacial score (nSPS) is 17.0. The van der Waals surface area contributed by atoms with Gasteiger partial charge in [-0.25, -0.2) is 4.79 Å². The summed E-state index contributed by atoms with van der Waals surface area (Å²) in [6.45, 7) is 8.78. The van der Waals surface area contributed by atoms with Gasteiger partial charge in [-0.2, -0.15) is 0 Å². The van der Waals surface area contributed by atoms with Crippen LogP contribution in [0.2, 0.25) is 0 Å². The highest BCUT2D eigenvalue weighted by Gasteiger charge is 2.41. The fraction of sp³-hybridized carbons (Fsp3) is 0.619. The molecule has 0 bridgehead atoms. The summed E-state index contributed by atoms with van der Waals surface area (Å²) in [4.78, 5) is 26.5. The summed E-state index contributed by atoms with van der Waals surface area (Å²) in [6, 6.07) is 10.3. The SMILES string of the molecule is COC(=O)C1(NCCNC(=O)OC(C)(C)C)CCN(Cc2ccccc2)CC1. The molecule has 0 saturated carbocycles. The third-order valence-corrected chi connectivity index (χ3v) is 4.79. The molecule has 1 aliphatic heterocycles. The minimum atomic E-state index is -0.711. The van der Waals surface area contributed by atoms with Gasteiger partial charge < -0.3 is 20.1 Å². The number of benzene rings is 1. The van der Waals surface area contributed by atoms with Gasteiger partial charge in [0.05, 0.1) is 7.11 Å². The van der Waals surface area contributed by atoms with Crippen molar-refractivity contribution in [1.29, 1.82) is 0 Å². The Morgan fingerprint density at radius 1 is 1.11 bits per heavy atom. The van der Waals surface area contributed by atoms with E-state index in [1.165, 1.54) is 12.7 Å². The quantitative estimate of drug-likeness (QED) is 0.548. The van der Waals surface area contributed by atoms with E-state index in [0.29, 0.717) is 25.9 Å². The molecule has 7 nitrogen and oxygen atoms in total. The highest BCUT2D eigenvalue weighted by molar-refractivity contribution is 5.81. The van der Waals surface area contributed by atoms with E-state index in [-0.39, 0.29) is 5.97 Å². The number of alkyl carbamates (subject to hydrolysis) is 1. The second-order valence-electron chi connectivity index (χ2n) is 8.19. The number of carbonyl (C=O) groups is 2. The Kier molecular flexibility index (Phi) is 7.83. The van der Waals surface area contributed by atoms with Crippen molar-refractivity contribution in [3.05, 3.63) is 35.9 Å². The fourth-order valence-electron chi connectivity index (χ4n) is 3.36. The predicted molar refractivity (Wildman–Crippen MR) is 108 cm³/mol. The summed E-state index contributed by atoms with van der Waals surface area (Å²) < 4.78 is 10.3. The lowest BCUT2D eigenvalue weighted by molar-refractivity contribution is -0.151. The van der Waals surface area contributed by atoms with Crippen LogP contribution in [0.1, 0.15) is 39.2 Å². The number of rotatable bonds is 7. The maximum absolute atomic E-state index is 12.5. The van der Waals surface area contributed by atoms with E-state index in [0.717, 1.165) is 19.6 Å². The Morgan fingerprint density at radius 2 is 1.75 bits per heavy atom. The summed E-state index contributed by atoms with van der Waals surface area (Å²) >= 11 is 0. The Bertz CT molecular complexity index is 635. The Labute approximate surface area is 167 Å². The van der Waals surface area contributed by atoms with Crippen LogP contribution in [0.5, 0.6) is 0 Å². The molecule has 1 saturated heterocycles. The van der Waals surface area contributed by atoms with Gasteiger partial charge in [-0.15, -0.1) is 0 Å². The lowest BCUT2D eigenvalue weighted by Gasteiger charge is -2.40. The van der Waals surface area contributed by atoms with Crippen molar-refractivity contribution in [2.75, 3.05) is 33.3 Å². The lowest BCUT2D eigenvalue weighted by Crippen LogP contribution is -2.59. The van der Waals surface area contributed by atoms with Gasteiger partial charge in [0.1, 0.15) is 11.1 Å². The van der Waals surface area contributed by atoms with Gasteiger partial charge >= 0.3 is 12.1 Å². The molecule has 0 spiro atoms. The maximum atomic E-state index is 12.5. The molecule has 1 aliphatic rings. The molecule has 2 N–H and O–H groups in total. The van der Waals surface area contributed by atoms with E-state index in [4.69, 9.17) is 9.47 Å². The van der Waals surface area contributed by atoms with Crippen LogP contribution < -0.4 is 10.6 Å². The van der Waals surface area contributed by atoms with Gasteiger partial charge in [-0.3, -0.25) is 9.69 Å². The van der Waals surface area contributed by atoms with Crippen LogP contribution in [0.3, 0.4) is 0 Å². The number of hydrogen-bond donors (Lipinski definition) is 2. The third kappa shape index (κ3) is 6.80. The number of likely N-dealkylation sites (tertiary alicyclic amines) is 1. The van der Waals surface area contributed by atoms with Crippen LogP contribution >= 0.6 is 0 Å². The minimum absolute atomic E-state index is 0.246. The molecular weight excluding hydrogens is 358 g/mol. The first-order chi connectivity index (χ1) is 13.2. The van der Waals surface area contributed by atoms with E-state index in [1.807, 2.05) is 39.0 Å². The molecule has 1 heterocycles. The number of methoxy groups -OCH3 is 1. The summed E-state index contributed by atoms with van der Waals surface area (Å²) in [7, 11) is 1.42. The monoisotopic (exact) mass is 391 g/mol. The van der Waals surface area contributed by atoms with Gasteiger partial charge in [0.15, 0.2) is 0 Å². The summed E-state index contributed by atoms with van der Waals surface area (Å²) in [5, 5.41) is 6.03. The molecule has 0 radical (unpaired) electrons. The summed E-state index contributed by atoms with van der Waals surface area (Å²) in [5.41, 5.74) is 0.0241. The minimum Gasteiger partial charge on any atom is -0.468 e. The average molecular weight is 392 g/mol. The third-order valence-electron chi connectivity index (χ3n) is 4.79. The first-order valence-corrected chi connectivity index (χ1v) is 9.81. The number of carbonyl (C=O) groups excluding carboxylic acids is 2. The van der Waals surface area contributed by atoms with E-state index in [9.17, 15) is 9.59 Å². The number of nitrogens with zero attached hydrogens (tertiary/aromatic N) is 1. The molecule has 1 aromatic rings. The maximum Gasteiger partial charge on any atom is 0.407 e. The first kappa shape index (κ1) is 22.2. The van der Waals surface area contributed by atoms with Crippen LogP contribution in [-0.4, -0.2) is 61.4 Å². The molecule has 156 valence electrons. The number of hydrogen-bond acceptors (Lipinski definition) is 6. The van der Waals surface area contributed by atoms with Crippen molar-refractivity contribution < 1.29 is 19.1 Å². The molecule has 1 aromatic carbocycles. The van der Waals surface area contributed by atoms with Gasteiger partial charge in [0, 0.05) is 32.7 Å². The van der Waals surface area contributed by atoms with E-state index >= 15 is 0 Å². The Hall–Kier alpha value is -2.12. The number of ether oxygens (including phenoxy) is 2. The standard InChI is InChI=1S/C21H33N3O4/c1-20(2,3)28-19(26)22-12-13-23-21(18(25)27-4)10-14-24(15-11-21)16-17-8-6-5-7-9-17/h5-9,23H,10-16H2,1-4H3,(H,22,26). The smallest absolute Gasteiger partial charge is 0.407 e. The first-order valence-electron chi connectivity index (χ1n) is 9.81. The second-order valence-corrected chi connectivity index (χ2v) is 8.19. The number of piperidine rings is 1. The van der Waals surface area contributed by atoms with Crippen LogP contribution in [-0.2, 0) is 20.8 Å². The topological polar surface area (TPSA) is 79.9 Å². The van der Waals surface area contributed by atoms with Gasteiger partial charge in [0.2, 0.25) is 0 Å². The van der Waals surface area contributed by atoms with Crippen molar-refractivity contribution in [2.45, 2.75) is 51.3 Å². The van der Waals surface area contributed by atoms with Crippen LogP contribution in [0.25, 0.3) is 0 Å². The Morgan fingerprint density at radius 3 is 2.32 bits per heavy atom. The van der Waals surface area contributed by atoms with Gasteiger partial charge in [0.25, 0.3) is 0 Å². The van der Waals surface area contributed by atoms with Crippen LogP contribution in [0.15, 0.2) is 30.3 Å². The largest absolute Gasteiger partial charge is 0.468 e. The molecule has 0 aromatic heterocycles. The molecule has 1 amide bonds. The van der Waals surface area contributed by atoms with Crippen LogP contribution in [0, 0.1) is 0 Å². The summed E-state index contributed by atoms with van der Waals surface area (Å²) in [6.07, 6.45) is 0.872. The molecule has 0 aliphatic carbocycles. The highest BCUT2D eigenvalue weighted by Crippen LogP contribution is 2.25. The van der Waals surface area contributed by atoms with Gasteiger partial charge in [-0.1, -0.05) is 30.3 Å². The molecule has 2 rings (SSSR count). The Balaban J connectivity index is 1.83. The fourth-order valence-corrected chi connectivity index (χ4v) is 3.36. The second kappa shape index (κ2) is 9.89. The molecule has 0 atom stereocenters. The van der Waals surface area contributed by atoms with E-state index in [2.05, 4.69) is 27.7 Å². The molecule has 1 fully saturated rings. The summed E-state index contributed by atoms with van der Waals surface area (Å²) in [5.74, 6) is -0.246. The van der Waals surface area contributed by atoms with E-state index in [1.54, 1.807) is 0 Å². The lowest BCUT2D eigenvalue weighted by atomic mass is 9.87. The molecular formula is C21H33N3O4.